The molecule has 0 saturated carbocycles. The van der Waals surface area contributed by atoms with E-state index in [1.54, 1.807) is 30.6 Å². The minimum Gasteiger partial charge on any atom is -0.489 e. The van der Waals surface area contributed by atoms with Crippen molar-refractivity contribution in [3.05, 3.63) is 118 Å². The fraction of sp³-hybridized carbons (Fsp3) is 0.214. The molecule has 0 amide bonds. The van der Waals surface area contributed by atoms with Crippen LogP contribution in [0, 0.1) is 10.1 Å². The molecule has 2 aromatic carbocycles. The van der Waals surface area contributed by atoms with E-state index >= 15 is 0 Å². The number of anilines is 1. The SMILES string of the molecule is O=[N+]([O-])c1ccccc1S(=O)(=O)N(Cc1ccc(CNc2ccnc3c2OCCC3)cc1)Cc1ccccn1. The van der Waals surface area contributed by atoms with Gasteiger partial charge in [-0.25, -0.2) is 8.42 Å². The van der Waals surface area contributed by atoms with Gasteiger partial charge in [-0.2, -0.15) is 4.31 Å². The van der Waals surface area contributed by atoms with Crippen molar-refractivity contribution < 1.29 is 18.1 Å². The monoisotopic (exact) mass is 545 g/mol. The predicted molar refractivity (Wildman–Crippen MR) is 146 cm³/mol. The van der Waals surface area contributed by atoms with Crippen LogP contribution in [0.15, 0.2) is 90.1 Å². The molecule has 5 rings (SSSR count). The molecule has 1 aliphatic rings. The Kier molecular flexibility index (Phi) is 7.80. The van der Waals surface area contributed by atoms with Gasteiger partial charge in [0.15, 0.2) is 10.6 Å². The quantitative estimate of drug-likeness (QED) is 0.224. The van der Waals surface area contributed by atoms with Crippen LogP contribution in [-0.4, -0.2) is 34.2 Å². The van der Waals surface area contributed by atoms with E-state index < -0.39 is 20.6 Å². The molecule has 0 saturated heterocycles. The van der Waals surface area contributed by atoms with Crippen LogP contribution in [0.3, 0.4) is 0 Å². The van der Waals surface area contributed by atoms with Crippen LogP contribution in [-0.2, 0) is 36.1 Å². The standard InChI is InChI=1S/C28H27N5O5S/c34-33(35)26-8-1-2-9-27(26)39(36,37)32(20-23-6-3-4-15-29-23)19-22-12-10-21(11-13-22)18-31-25-14-16-30-24-7-5-17-38-28(24)25/h1-4,6,8-16H,5,7,17-20H2,(H,30,31). The summed E-state index contributed by atoms with van der Waals surface area (Å²) in [5.41, 5.74) is 3.64. The number of hydrogen-bond donors (Lipinski definition) is 1. The van der Waals surface area contributed by atoms with Crippen LogP contribution in [0.5, 0.6) is 5.75 Å². The first kappa shape index (κ1) is 26.3. The molecule has 11 heteroatoms. The number of sulfonamides is 1. The Balaban J connectivity index is 1.36. The average molecular weight is 546 g/mol. The van der Waals surface area contributed by atoms with Gasteiger partial charge in [0.2, 0.25) is 0 Å². The summed E-state index contributed by atoms with van der Waals surface area (Å²) in [6.45, 7) is 1.20. The normalized spacial score (nSPS) is 12.9. The van der Waals surface area contributed by atoms with Gasteiger partial charge in [-0.3, -0.25) is 20.1 Å². The van der Waals surface area contributed by atoms with Crippen LogP contribution in [0.2, 0.25) is 0 Å². The number of nitrogens with one attached hydrogen (secondary N) is 1. The fourth-order valence-corrected chi connectivity index (χ4v) is 5.97. The smallest absolute Gasteiger partial charge is 0.289 e. The molecule has 1 aliphatic heterocycles. The Hall–Kier alpha value is -4.35. The highest BCUT2D eigenvalue weighted by molar-refractivity contribution is 7.89. The molecule has 39 heavy (non-hydrogen) atoms. The van der Waals surface area contributed by atoms with E-state index in [0.717, 1.165) is 41.1 Å². The molecule has 10 nitrogen and oxygen atoms in total. The summed E-state index contributed by atoms with van der Waals surface area (Å²) >= 11 is 0. The lowest BCUT2D eigenvalue weighted by atomic mass is 10.1. The third-order valence-corrected chi connectivity index (χ3v) is 8.23. The van der Waals surface area contributed by atoms with Crippen molar-refractivity contribution in [3.63, 3.8) is 0 Å². The van der Waals surface area contributed by atoms with E-state index in [-0.39, 0.29) is 18.0 Å². The molecule has 4 aromatic rings. The number of nitro groups is 1. The Bertz CT molecular complexity index is 1560. The minimum atomic E-state index is -4.22. The number of nitro benzene ring substituents is 1. The zero-order valence-corrected chi connectivity index (χ0v) is 21.9. The highest BCUT2D eigenvalue weighted by atomic mass is 32.2. The molecule has 0 bridgehead atoms. The van der Waals surface area contributed by atoms with E-state index in [1.807, 2.05) is 30.3 Å². The number of nitrogens with zero attached hydrogens (tertiary/aromatic N) is 4. The molecule has 3 heterocycles. The molecule has 0 fully saturated rings. The molecular formula is C28H27N5O5S. The average Bonchev–Trinajstić information content (AvgIpc) is 2.97. The van der Waals surface area contributed by atoms with Crippen molar-refractivity contribution in [1.29, 1.82) is 0 Å². The highest BCUT2D eigenvalue weighted by Crippen LogP contribution is 2.32. The predicted octanol–water partition coefficient (Wildman–Crippen LogP) is 4.71. The number of aryl methyl sites for hydroxylation is 1. The Morgan fingerprint density at radius 1 is 0.923 bits per heavy atom. The molecule has 200 valence electrons. The van der Waals surface area contributed by atoms with E-state index in [1.165, 1.54) is 28.6 Å². The van der Waals surface area contributed by atoms with Gasteiger partial charge >= 0.3 is 0 Å². The Morgan fingerprint density at radius 2 is 1.69 bits per heavy atom. The molecule has 0 aliphatic carbocycles. The Labute approximate surface area is 226 Å². The van der Waals surface area contributed by atoms with Crippen molar-refractivity contribution in [2.45, 2.75) is 37.4 Å². The number of hydrogen-bond acceptors (Lipinski definition) is 8. The molecular weight excluding hydrogens is 518 g/mol. The summed E-state index contributed by atoms with van der Waals surface area (Å²) < 4.78 is 34.4. The van der Waals surface area contributed by atoms with Gasteiger partial charge in [-0.1, -0.05) is 42.5 Å². The van der Waals surface area contributed by atoms with Gasteiger partial charge in [-0.15, -0.1) is 0 Å². The van der Waals surface area contributed by atoms with Crippen molar-refractivity contribution in [1.82, 2.24) is 14.3 Å². The van der Waals surface area contributed by atoms with Gasteiger partial charge in [0.25, 0.3) is 15.7 Å². The lowest BCUT2D eigenvalue weighted by molar-refractivity contribution is -0.387. The third-order valence-electron chi connectivity index (χ3n) is 6.39. The fourth-order valence-electron chi connectivity index (χ4n) is 4.41. The maximum atomic E-state index is 13.7. The zero-order valence-electron chi connectivity index (χ0n) is 21.1. The molecule has 0 spiro atoms. The second-order valence-corrected chi connectivity index (χ2v) is 11.0. The van der Waals surface area contributed by atoms with Crippen molar-refractivity contribution in [3.8, 4) is 5.75 Å². The van der Waals surface area contributed by atoms with Crippen LogP contribution < -0.4 is 10.1 Å². The van der Waals surface area contributed by atoms with Crippen LogP contribution in [0.25, 0.3) is 0 Å². The van der Waals surface area contributed by atoms with Crippen molar-refractivity contribution in [2.75, 3.05) is 11.9 Å². The lowest BCUT2D eigenvalue weighted by Gasteiger charge is -2.22. The summed E-state index contributed by atoms with van der Waals surface area (Å²) in [6, 6.07) is 20.1. The number of para-hydroxylation sites is 1. The van der Waals surface area contributed by atoms with E-state index in [2.05, 4.69) is 15.3 Å². The van der Waals surface area contributed by atoms with Crippen LogP contribution in [0.1, 0.15) is 28.9 Å². The second kappa shape index (κ2) is 11.6. The van der Waals surface area contributed by atoms with Crippen molar-refractivity contribution >= 4 is 21.4 Å². The van der Waals surface area contributed by atoms with E-state index in [4.69, 9.17) is 4.74 Å². The summed E-state index contributed by atoms with van der Waals surface area (Å²) in [7, 11) is -4.22. The number of fused-ring (bicyclic) bond motifs is 1. The summed E-state index contributed by atoms with van der Waals surface area (Å²) in [4.78, 5) is 19.2. The van der Waals surface area contributed by atoms with E-state index in [9.17, 15) is 18.5 Å². The first-order chi connectivity index (χ1) is 18.9. The van der Waals surface area contributed by atoms with Gasteiger partial charge in [0.1, 0.15) is 0 Å². The maximum Gasteiger partial charge on any atom is 0.289 e. The maximum absolute atomic E-state index is 13.7. The second-order valence-electron chi connectivity index (χ2n) is 9.08. The van der Waals surface area contributed by atoms with Gasteiger partial charge in [0.05, 0.1) is 35.2 Å². The Morgan fingerprint density at radius 3 is 2.46 bits per heavy atom. The van der Waals surface area contributed by atoms with Gasteiger partial charge in [-0.05, 0) is 48.2 Å². The lowest BCUT2D eigenvalue weighted by Crippen LogP contribution is -2.31. The largest absolute Gasteiger partial charge is 0.489 e. The van der Waals surface area contributed by atoms with Gasteiger partial charge < -0.3 is 10.1 Å². The molecule has 2 aromatic heterocycles. The molecule has 1 N–H and O–H groups in total. The number of aromatic nitrogens is 2. The third kappa shape index (κ3) is 6.05. The number of ether oxygens (including phenoxy) is 1. The summed E-state index contributed by atoms with van der Waals surface area (Å²) in [5, 5.41) is 15.0. The van der Waals surface area contributed by atoms with Crippen LogP contribution >= 0.6 is 0 Å². The molecule has 0 atom stereocenters. The van der Waals surface area contributed by atoms with Gasteiger partial charge in [0, 0.05) is 31.5 Å². The summed E-state index contributed by atoms with van der Waals surface area (Å²) in [6.07, 6.45) is 5.20. The number of benzene rings is 2. The number of pyridine rings is 2. The van der Waals surface area contributed by atoms with Crippen LogP contribution in [0.4, 0.5) is 11.4 Å². The highest BCUT2D eigenvalue weighted by Gasteiger charge is 2.32. The van der Waals surface area contributed by atoms with Crippen molar-refractivity contribution in [2.24, 2.45) is 0 Å². The minimum absolute atomic E-state index is 0.0182. The molecule has 0 radical (unpaired) electrons. The first-order valence-corrected chi connectivity index (χ1v) is 13.9. The van der Waals surface area contributed by atoms with E-state index in [0.29, 0.717) is 18.8 Å². The number of rotatable bonds is 10. The topological polar surface area (TPSA) is 128 Å². The summed E-state index contributed by atoms with van der Waals surface area (Å²) in [5.74, 6) is 0.797. The first-order valence-electron chi connectivity index (χ1n) is 12.5. The zero-order chi connectivity index (χ0) is 27.2. The molecule has 0 unspecified atom stereocenters.